The average molecular weight is 485 g/mol. The molecule has 0 bridgehead atoms. The molecule has 0 aromatic rings. The van der Waals surface area contributed by atoms with Crippen molar-refractivity contribution < 1.29 is 19.2 Å². The highest BCUT2D eigenvalue weighted by Crippen LogP contribution is 2.58. The van der Waals surface area contributed by atoms with Crippen LogP contribution in [0.15, 0.2) is 0 Å². The molecule has 4 unspecified atom stereocenters. The van der Waals surface area contributed by atoms with Crippen LogP contribution in [-0.2, 0) is 19.2 Å². The van der Waals surface area contributed by atoms with Gasteiger partial charge in [-0.05, 0) is 88.9 Å². The lowest BCUT2D eigenvalue weighted by molar-refractivity contribution is -0.149. The SMILES string of the molecule is CC(C)(C)C1CCC(CC2CCC(N3C(=O)C4C(C3=O)C3C(=O)N(C(C)(C)C)C(=O)C43)CC2)CC1. The highest BCUT2D eigenvalue weighted by atomic mass is 16.2. The van der Waals surface area contributed by atoms with Crippen molar-refractivity contribution in [2.24, 2.45) is 46.8 Å². The summed E-state index contributed by atoms with van der Waals surface area (Å²) in [5, 5.41) is 0. The van der Waals surface area contributed by atoms with Gasteiger partial charge in [0.1, 0.15) is 0 Å². The fraction of sp³-hybridized carbons (Fsp3) is 0.862. The van der Waals surface area contributed by atoms with Crippen molar-refractivity contribution in [3.63, 3.8) is 0 Å². The van der Waals surface area contributed by atoms with E-state index in [2.05, 4.69) is 20.8 Å². The standard InChI is InChI=1S/C29H44N2O4/c1-28(2,3)18-11-7-16(8-12-18)15-17-9-13-19(14-10-17)30-24(32)20-21(25(30)33)23-22(20)26(34)31(27(23)35)29(4,5)6/h16-23H,7-15H2,1-6H3. The van der Waals surface area contributed by atoms with Crippen LogP contribution >= 0.6 is 0 Å². The van der Waals surface area contributed by atoms with Crippen LogP contribution in [0.4, 0.5) is 0 Å². The largest absolute Gasteiger partial charge is 0.279 e. The van der Waals surface area contributed by atoms with Gasteiger partial charge < -0.3 is 0 Å². The van der Waals surface area contributed by atoms with Gasteiger partial charge in [0.05, 0.1) is 23.7 Å². The lowest BCUT2D eigenvalue weighted by atomic mass is 9.59. The van der Waals surface area contributed by atoms with Gasteiger partial charge >= 0.3 is 0 Å². The van der Waals surface area contributed by atoms with E-state index < -0.39 is 29.2 Å². The van der Waals surface area contributed by atoms with Crippen molar-refractivity contribution in [1.82, 2.24) is 9.80 Å². The number of carbonyl (C=O) groups is 4. The molecule has 4 atom stereocenters. The summed E-state index contributed by atoms with van der Waals surface area (Å²) < 4.78 is 0. The van der Waals surface area contributed by atoms with Gasteiger partial charge in [0.2, 0.25) is 23.6 Å². The Labute approximate surface area is 210 Å². The Hall–Kier alpha value is -1.72. The van der Waals surface area contributed by atoms with Crippen molar-refractivity contribution in [2.45, 2.75) is 111 Å². The lowest BCUT2D eigenvalue weighted by Gasteiger charge is -2.39. The average Bonchev–Trinajstić information content (AvgIpc) is 3.06. The smallest absolute Gasteiger partial charge is 0.234 e. The third kappa shape index (κ3) is 3.98. The monoisotopic (exact) mass is 484 g/mol. The Bertz CT molecular complexity index is 872. The maximum absolute atomic E-state index is 13.4. The van der Waals surface area contributed by atoms with Crippen LogP contribution in [0.25, 0.3) is 0 Å². The van der Waals surface area contributed by atoms with Crippen molar-refractivity contribution in [3.8, 4) is 0 Å². The van der Waals surface area contributed by atoms with Crippen molar-refractivity contribution in [3.05, 3.63) is 0 Å². The minimum atomic E-state index is -0.632. The van der Waals surface area contributed by atoms with Crippen molar-refractivity contribution >= 4 is 23.6 Å². The summed E-state index contributed by atoms with van der Waals surface area (Å²) in [6, 6.07) is -0.0573. The minimum absolute atomic E-state index is 0.0573. The van der Waals surface area contributed by atoms with Crippen LogP contribution in [0.3, 0.4) is 0 Å². The van der Waals surface area contributed by atoms with Crippen LogP contribution in [0, 0.1) is 46.8 Å². The molecule has 194 valence electrons. The Morgan fingerprint density at radius 2 is 1.00 bits per heavy atom. The highest BCUT2D eigenvalue weighted by Gasteiger charge is 2.74. The normalized spacial score (nSPS) is 40.2. The Morgan fingerprint density at radius 3 is 1.40 bits per heavy atom. The van der Waals surface area contributed by atoms with Crippen molar-refractivity contribution in [1.29, 1.82) is 0 Å². The molecule has 2 heterocycles. The number of fused-ring (bicyclic) bond motifs is 4. The van der Waals surface area contributed by atoms with Gasteiger partial charge in [-0.15, -0.1) is 0 Å². The molecule has 5 fully saturated rings. The molecule has 5 rings (SSSR count). The number of amides is 4. The van der Waals surface area contributed by atoms with E-state index >= 15 is 0 Å². The molecule has 6 heteroatoms. The van der Waals surface area contributed by atoms with Crippen LogP contribution in [0.2, 0.25) is 0 Å². The molecule has 3 aliphatic carbocycles. The topological polar surface area (TPSA) is 74.8 Å². The minimum Gasteiger partial charge on any atom is -0.279 e. The summed E-state index contributed by atoms with van der Waals surface area (Å²) in [5.74, 6) is -1.06. The first-order valence-corrected chi connectivity index (χ1v) is 14.1. The maximum atomic E-state index is 13.4. The maximum Gasteiger partial charge on any atom is 0.234 e. The molecule has 2 saturated heterocycles. The predicted molar refractivity (Wildman–Crippen MR) is 133 cm³/mol. The van der Waals surface area contributed by atoms with E-state index in [-0.39, 0.29) is 29.7 Å². The number of rotatable bonds is 3. The van der Waals surface area contributed by atoms with E-state index in [9.17, 15) is 19.2 Å². The molecule has 35 heavy (non-hydrogen) atoms. The number of imide groups is 2. The molecule has 0 N–H and O–H groups in total. The molecule has 0 radical (unpaired) electrons. The summed E-state index contributed by atoms with van der Waals surface area (Å²) in [5.41, 5.74) is -0.216. The van der Waals surface area contributed by atoms with Crippen LogP contribution < -0.4 is 0 Å². The van der Waals surface area contributed by atoms with Crippen LogP contribution in [0.5, 0.6) is 0 Å². The Balaban J connectivity index is 1.17. The highest BCUT2D eigenvalue weighted by molar-refractivity contribution is 6.18. The van der Waals surface area contributed by atoms with Gasteiger partial charge in [-0.1, -0.05) is 33.6 Å². The summed E-state index contributed by atoms with van der Waals surface area (Å²) in [6.07, 6.45) is 10.5. The van der Waals surface area contributed by atoms with Crippen molar-refractivity contribution in [2.75, 3.05) is 0 Å². The molecule has 6 nitrogen and oxygen atoms in total. The van der Waals surface area contributed by atoms with Gasteiger partial charge in [0.25, 0.3) is 0 Å². The van der Waals surface area contributed by atoms with E-state index in [0.717, 1.165) is 37.5 Å². The van der Waals surface area contributed by atoms with Gasteiger partial charge in [-0.2, -0.15) is 0 Å². The first kappa shape index (κ1) is 25.0. The second kappa shape index (κ2) is 8.41. The molecule has 2 aliphatic heterocycles. The van der Waals surface area contributed by atoms with Gasteiger partial charge in [0, 0.05) is 11.6 Å². The van der Waals surface area contributed by atoms with E-state index in [1.807, 2.05) is 20.8 Å². The van der Waals surface area contributed by atoms with E-state index in [1.165, 1.54) is 41.9 Å². The molecule has 0 spiro atoms. The lowest BCUT2D eigenvalue weighted by Crippen LogP contribution is -2.50. The molecule has 4 amide bonds. The molecule has 0 aromatic heterocycles. The Morgan fingerprint density at radius 1 is 0.600 bits per heavy atom. The Kier molecular flexibility index (Phi) is 6.00. The molecule has 0 aromatic carbocycles. The van der Waals surface area contributed by atoms with Gasteiger partial charge in [0.15, 0.2) is 0 Å². The zero-order valence-corrected chi connectivity index (χ0v) is 22.5. The number of hydrogen-bond acceptors (Lipinski definition) is 4. The quantitative estimate of drug-likeness (QED) is 0.539. The number of likely N-dealkylation sites (tertiary alicyclic amines) is 2. The van der Waals surface area contributed by atoms with Gasteiger partial charge in [-0.25, -0.2) is 0 Å². The summed E-state index contributed by atoms with van der Waals surface area (Å²) >= 11 is 0. The summed E-state index contributed by atoms with van der Waals surface area (Å²) in [4.78, 5) is 55.6. The molecular weight excluding hydrogens is 440 g/mol. The number of nitrogens with zero attached hydrogens (tertiary/aromatic N) is 2. The zero-order chi connectivity index (χ0) is 25.4. The summed E-state index contributed by atoms with van der Waals surface area (Å²) in [7, 11) is 0. The number of carbonyl (C=O) groups excluding carboxylic acids is 4. The van der Waals surface area contributed by atoms with E-state index in [4.69, 9.17) is 0 Å². The second-order valence-electron chi connectivity index (χ2n) is 14.3. The predicted octanol–water partition coefficient (Wildman–Crippen LogP) is 4.80. The first-order valence-electron chi connectivity index (χ1n) is 14.1. The molecule has 5 aliphatic rings. The first-order chi connectivity index (χ1) is 16.3. The fourth-order valence-corrected chi connectivity index (χ4v) is 8.21. The number of hydrogen-bond donors (Lipinski definition) is 0. The summed E-state index contributed by atoms with van der Waals surface area (Å²) in [6.45, 7) is 12.6. The molecule has 3 saturated carbocycles. The second-order valence-corrected chi connectivity index (χ2v) is 14.3. The van der Waals surface area contributed by atoms with Gasteiger partial charge in [-0.3, -0.25) is 29.0 Å². The third-order valence-electron chi connectivity index (χ3n) is 10.2. The van der Waals surface area contributed by atoms with E-state index in [1.54, 1.807) is 0 Å². The zero-order valence-electron chi connectivity index (χ0n) is 22.5. The van der Waals surface area contributed by atoms with Crippen LogP contribution in [0.1, 0.15) is 99.3 Å². The molecular formula is C29H44N2O4. The van der Waals surface area contributed by atoms with E-state index in [0.29, 0.717) is 11.3 Å². The third-order valence-corrected chi connectivity index (χ3v) is 10.2. The fourth-order valence-electron chi connectivity index (χ4n) is 8.21. The van der Waals surface area contributed by atoms with Crippen LogP contribution in [-0.4, -0.2) is 45.0 Å².